The molecule has 0 atom stereocenters. The first kappa shape index (κ1) is 18.7. The van der Waals surface area contributed by atoms with Crippen LogP contribution in [0.3, 0.4) is 0 Å². The summed E-state index contributed by atoms with van der Waals surface area (Å²) in [6.45, 7) is 1.51. The number of hydrogen-bond donors (Lipinski definition) is 1. The zero-order chi connectivity index (χ0) is 19.1. The lowest BCUT2D eigenvalue weighted by atomic mass is 10.1. The number of thioether (sulfide) groups is 1. The van der Waals surface area contributed by atoms with Crippen molar-refractivity contribution in [2.75, 3.05) is 12.5 Å². The van der Waals surface area contributed by atoms with Crippen molar-refractivity contribution < 1.29 is 9.53 Å². The summed E-state index contributed by atoms with van der Waals surface area (Å²) < 4.78 is 5.13. The molecule has 0 unspecified atom stereocenters. The molecule has 0 amide bonds. The number of hydrazone groups is 1. The molecule has 0 saturated heterocycles. The van der Waals surface area contributed by atoms with E-state index in [0.717, 1.165) is 27.5 Å². The highest BCUT2D eigenvalue weighted by molar-refractivity contribution is 8.15. The summed E-state index contributed by atoms with van der Waals surface area (Å²) in [4.78, 5) is 12.9. The van der Waals surface area contributed by atoms with Crippen LogP contribution in [0.25, 0.3) is 11.1 Å². The number of benzene rings is 3. The quantitative estimate of drug-likeness (QED) is 0.268. The molecule has 0 fully saturated rings. The van der Waals surface area contributed by atoms with E-state index in [-0.39, 0.29) is 5.78 Å². The summed E-state index contributed by atoms with van der Waals surface area (Å²) >= 11 is 1.34. The zero-order valence-corrected chi connectivity index (χ0v) is 16.0. The number of anilines is 1. The van der Waals surface area contributed by atoms with Gasteiger partial charge in [0.2, 0.25) is 0 Å². The average Bonchev–Trinajstić information content (AvgIpc) is 2.72. The van der Waals surface area contributed by atoms with Gasteiger partial charge in [0, 0.05) is 11.8 Å². The van der Waals surface area contributed by atoms with Crippen LogP contribution in [-0.2, 0) is 4.79 Å². The summed E-state index contributed by atoms with van der Waals surface area (Å²) in [5.41, 5.74) is 6.01. The third-order valence-electron chi connectivity index (χ3n) is 3.85. The third-order valence-corrected chi connectivity index (χ3v) is 4.93. The standard InChI is InChI=1S/C22H20N2O2S/c1-16(25)22(24-23-19-10-12-20(26-2)13-11-19)27-21-14-8-18(9-15-21)17-6-4-3-5-7-17/h3-15,23H,1-2H3. The molecule has 3 rings (SSSR count). The summed E-state index contributed by atoms with van der Waals surface area (Å²) in [6.07, 6.45) is 0. The number of carbonyl (C=O) groups is 1. The Morgan fingerprint density at radius 1 is 0.889 bits per heavy atom. The fraction of sp³-hybridized carbons (Fsp3) is 0.0909. The van der Waals surface area contributed by atoms with Gasteiger partial charge in [-0.05, 0) is 47.5 Å². The van der Waals surface area contributed by atoms with E-state index < -0.39 is 0 Å². The third kappa shape index (κ3) is 5.21. The number of methoxy groups -OCH3 is 1. The fourth-order valence-electron chi connectivity index (χ4n) is 2.41. The maximum absolute atomic E-state index is 11.9. The minimum Gasteiger partial charge on any atom is -0.497 e. The van der Waals surface area contributed by atoms with Crippen LogP contribution in [0.1, 0.15) is 6.92 Å². The summed E-state index contributed by atoms with van der Waals surface area (Å²) in [6, 6.07) is 25.6. The van der Waals surface area contributed by atoms with Crippen molar-refractivity contribution >= 4 is 28.3 Å². The largest absolute Gasteiger partial charge is 0.497 e. The van der Waals surface area contributed by atoms with E-state index in [1.165, 1.54) is 18.7 Å². The Hall–Kier alpha value is -3.05. The number of ketones is 1. The molecule has 5 heteroatoms. The van der Waals surface area contributed by atoms with Crippen molar-refractivity contribution in [2.24, 2.45) is 5.10 Å². The summed E-state index contributed by atoms with van der Waals surface area (Å²) in [5.74, 6) is 0.678. The number of nitrogens with one attached hydrogen (secondary N) is 1. The first-order valence-electron chi connectivity index (χ1n) is 8.48. The molecule has 1 N–H and O–H groups in total. The average molecular weight is 376 g/mol. The van der Waals surface area contributed by atoms with E-state index in [1.54, 1.807) is 7.11 Å². The molecule has 0 bridgehead atoms. The normalized spacial score (nSPS) is 11.1. The maximum atomic E-state index is 11.9. The van der Waals surface area contributed by atoms with Crippen molar-refractivity contribution in [3.63, 3.8) is 0 Å². The molecule has 0 aliphatic carbocycles. The molecule has 0 radical (unpaired) electrons. The number of nitrogens with zero attached hydrogens (tertiary/aromatic N) is 1. The van der Waals surface area contributed by atoms with Gasteiger partial charge in [0.1, 0.15) is 5.75 Å². The predicted molar refractivity (Wildman–Crippen MR) is 112 cm³/mol. The Morgan fingerprint density at radius 3 is 2.11 bits per heavy atom. The lowest BCUT2D eigenvalue weighted by molar-refractivity contribution is -0.110. The molecule has 3 aromatic carbocycles. The Balaban J connectivity index is 1.71. The Kier molecular flexibility index (Phi) is 6.28. The van der Waals surface area contributed by atoms with Gasteiger partial charge in [-0.15, -0.1) is 0 Å². The van der Waals surface area contributed by atoms with Gasteiger partial charge in [0.25, 0.3) is 0 Å². The van der Waals surface area contributed by atoms with E-state index in [2.05, 4.69) is 22.7 Å². The van der Waals surface area contributed by atoms with Crippen LogP contribution < -0.4 is 10.2 Å². The highest BCUT2D eigenvalue weighted by Crippen LogP contribution is 2.25. The van der Waals surface area contributed by atoms with Gasteiger partial charge >= 0.3 is 0 Å². The van der Waals surface area contributed by atoms with E-state index >= 15 is 0 Å². The second-order valence-corrected chi connectivity index (χ2v) is 6.87. The Bertz CT molecular complexity index is 921. The highest BCUT2D eigenvalue weighted by Gasteiger charge is 2.09. The van der Waals surface area contributed by atoms with Crippen LogP contribution in [0.4, 0.5) is 5.69 Å². The second kappa shape index (κ2) is 9.05. The minimum absolute atomic E-state index is 0.0897. The van der Waals surface area contributed by atoms with E-state index in [9.17, 15) is 4.79 Å². The van der Waals surface area contributed by atoms with Gasteiger partial charge < -0.3 is 4.74 Å². The summed E-state index contributed by atoms with van der Waals surface area (Å²) in [7, 11) is 1.62. The lowest BCUT2D eigenvalue weighted by Gasteiger charge is -2.07. The number of Topliss-reactive ketones (excluding diaryl/α,β-unsaturated/α-hetero) is 1. The van der Waals surface area contributed by atoms with Crippen LogP contribution in [-0.4, -0.2) is 17.9 Å². The van der Waals surface area contributed by atoms with Gasteiger partial charge in [0.15, 0.2) is 10.8 Å². The molecule has 0 heterocycles. The number of rotatable bonds is 6. The van der Waals surface area contributed by atoms with Gasteiger partial charge in [-0.25, -0.2) is 0 Å². The number of carbonyl (C=O) groups excluding carboxylic acids is 1. The maximum Gasteiger partial charge on any atom is 0.186 e. The van der Waals surface area contributed by atoms with Gasteiger partial charge in [-0.2, -0.15) is 5.10 Å². The molecular weight excluding hydrogens is 356 g/mol. The van der Waals surface area contributed by atoms with E-state index in [1.807, 2.05) is 66.7 Å². The topological polar surface area (TPSA) is 50.7 Å². The van der Waals surface area contributed by atoms with Crippen LogP contribution in [0.15, 0.2) is 88.9 Å². The SMILES string of the molecule is COc1ccc(NN=C(Sc2ccc(-c3ccccc3)cc2)C(C)=O)cc1. The Labute approximate surface area is 163 Å². The molecule has 0 aliphatic heterocycles. The Morgan fingerprint density at radius 2 is 1.52 bits per heavy atom. The zero-order valence-electron chi connectivity index (χ0n) is 15.2. The predicted octanol–water partition coefficient (Wildman–Crippen LogP) is 5.47. The molecule has 136 valence electrons. The fourth-order valence-corrected chi connectivity index (χ4v) is 3.14. The first-order valence-corrected chi connectivity index (χ1v) is 9.29. The van der Waals surface area contributed by atoms with Gasteiger partial charge in [-0.1, -0.05) is 54.2 Å². The number of ether oxygens (including phenoxy) is 1. The van der Waals surface area contributed by atoms with Crippen molar-refractivity contribution in [3.05, 3.63) is 78.9 Å². The smallest absolute Gasteiger partial charge is 0.186 e. The molecule has 0 spiro atoms. The van der Waals surface area contributed by atoms with Crippen molar-refractivity contribution in [2.45, 2.75) is 11.8 Å². The van der Waals surface area contributed by atoms with Crippen molar-refractivity contribution in [1.82, 2.24) is 0 Å². The molecule has 4 nitrogen and oxygen atoms in total. The first-order chi connectivity index (χ1) is 13.2. The second-order valence-electron chi connectivity index (χ2n) is 5.81. The molecule has 27 heavy (non-hydrogen) atoms. The van der Waals surface area contributed by atoms with Crippen LogP contribution in [0.2, 0.25) is 0 Å². The molecule has 3 aromatic rings. The van der Waals surface area contributed by atoms with Crippen LogP contribution in [0.5, 0.6) is 5.75 Å². The lowest BCUT2D eigenvalue weighted by Crippen LogP contribution is -2.08. The minimum atomic E-state index is -0.0897. The van der Waals surface area contributed by atoms with Crippen molar-refractivity contribution in [1.29, 1.82) is 0 Å². The van der Waals surface area contributed by atoms with Crippen LogP contribution in [0, 0.1) is 0 Å². The monoisotopic (exact) mass is 376 g/mol. The molecule has 0 aliphatic rings. The molecular formula is C22H20N2O2S. The van der Waals surface area contributed by atoms with Crippen molar-refractivity contribution in [3.8, 4) is 16.9 Å². The molecule has 0 saturated carbocycles. The van der Waals surface area contributed by atoms with Crippen LogP contribution >= 0.6 is 11.8 Å². The highest BCUT2D eigenvalue weighted by atomic mass is 32.2. The summed E-state index contributed by atoms with van der Waals surface area (Å²) in [5, 5.41) is 4.67. The van der Waals surface area contributed by atoms with E-state index in [0.29, 0.717) is 5.04 Å². The van der Waals surface area contributed by atoms with Gasteiger partial charge in [0.05, 0.1) is 12.8 Å². The molecule has 0 aromatic heterocycles. The number of hydrogen-bond acceptors (Lipinski definition) is 5. The van der Waals surface area contributed by atoms with E-state index in [4.69, 9.17) is 4.74 Å². The van der Waals surface area contributed by atoms with Gasteiger partial charge in [-0.3, -0.25) is 10.2 Å².